The normalized spacial score (nSPS) is 21.0. The van der Waals surface area contributed by atoms with Crippen LogP contribution in [0.3, 0.4) is 0 Å². The predicted octanol–water partition coefficient (Wildman–Crippen LogP) is 3.99. The van der Waals surface area contributed by atoms with Gasteiger partial charge in [0.2, 0.25) is 0 Å². The molecule has 0 spiro atoms. The number of aliphatic imine (C=N–C) groups is 1. The van der Waals surface area contributed by atoms with Crippen molar-refractivity contribution in [1.82, 2.24) is 15.1 Å². The molecule has 2 aliphatic rings. The number of aryl methyl sites for hydroxylation is 1. The number of hydrogen-bond acceptors (Lipinski definition) is 3. The van der Waals surface area contributed by atoms with Gasteiger partial charge >= 0.3 is 0 Å². The minimum atomic E-state index is 0. The van der Waals surface area contributed by atoms with Crippen molar-refractivity contribution in [1.29, 1.82) is 0 Å². The van der Waals surface area contributed by atoms with Crippen LogP contribution in [0.15, 0.2) is 33.7 Å². The van der Waals surface area contributed by atoms with Crippen molar-refractivity contribution in [2.45, 2.75) is 45.7 Å². The van der Waals surface area contributed by atoms with Gasteiger partial charge in [-0.3, -0.25) is 4.90 Å². The number of likely N-dealkylation sites (tertiary alicyclic amines) is 2. The third-order valence-electron chi connectivity index (χ3n) is 5.77. The topological polar surface area (TPSA) is 44.0 Å². The van der Waals surface area contributed by atoms with E-state index in [2.05, 4.69) is 41.1 Å². The first kappa shape index (κ1) is 20.5. The summed E-state index contributed by atoms with van der Waals surface area (Å²) in [6, 6.07) is 8.92. The summed E-state index contributed by atoms with van der Waals surface area (Å²) in [5.74, 6) is 1.99. The van der Waals surface area contributed by atoms with E-state index in [0.717, 1.165) is 36.9 Å². The van der Waals surface area contributed by atoms with E-state index in [1.165, 1.54) is 43.3 Å². The number of para-hydroxylation sites is 1. The number of benzene rings is 1. The molecule has 0 aliphatic carbocycles. The first-order valence-corrected chi connectivity index (χ1v) is 10.0. The van der Waals surface area contributed by atoms with Gasteiger partial charge in [-0.15, -0.1) is 24.0 Å². The highest BCUT2D eigenvalue weighted by Crippen LogP contribution is 2.26. The lowest BCUT2D eigenvalue weighted by Crippen LogP contribution is -2.42. The van der Waals surface area contributed by atoms with Gasteiger partial charge in [-0.1, -0.05) is 18.2 Å². The second kappa shape index (κ2) is 9.28. The minimum absolute atomic E-state index is 0. The predicted molar refractivity (Wildman–Crippen MR) is 122 cm³/mol. The smallest absolute Gasteiger partial charge is 0.194 e. The molecule has 1 unspecified atom stereocenters. The molecule has 27 heavy (non-hydrogen) atoms. The molecule has 4 rings (SSSR count). The third-order valence-corrected chi connectivity index (χ3v) is 5.77. The van der Waals surface area contributed by atoms with E-state index >= 15 is 0 Å². The summed E-state index contributed by atoms with van der Waals surface area (Å²) in [4.78, 5) is 9.98. The summed E-state index contributed by atoms with van der Waals surface area (Å²) in [5, 5.41) is 4.67. The van der Waals surface area contributed by atoms with Gasteiger partial charge in [-0.25, -0.2) is 4.99 Å². The number of nitrogens with zero attached hydrogens (tertiary/aromatic N) is 3. The summed E-state index contributed by atoms with van der Waals surface area (Å²) in [6.45, 7) is 10.5. The van der Waals surface area contributed by atoms with Crippen LogP contribution in [0.25, 0.3) is 11.0 Å². The van der Waals surface area contributed by atoms with Crippen molar-refractivity contribution in [3.05, 3.63) is 35.6 Å². The fourth-order valence-electron chi connectivity index (χ4n) is 4.29. The highest BCUT2D eigenvalue weighted by atomic mass is 127. The van der Waals surface area contributed by atoms with Crippen LogP contribution in [0.5, 0.6) is 0 Å². The molecule has 5 nitrogen and oxygen atoms in total. The van der Waals surface area contributed by atoms with E-state index in [0.29, 0.717) is 12.6 Å². The lowest BCUT2D eigenvalue weighted by molar-refractivity contribution is 0.249. The molecule has 0 saturated carbocycles. The van der Waals surface area contributed by atoms with E-state index < -0.39 is 0 Å². The molecule has 2 fully saturated rings. The lowest BCUT2D eigenvalue weighted by atomic mass is 10.1. The van der Waals surface area contributed by atoms with Gasteiger partial charge < -0.3 is 14.6 Å². The molecule has 0 amide bonds. The number of guanidine groups is 1. The Labute approximate surface area is 179 Å². The van der Waals surface area contributed by atoms with E-state index in [1.807, 2.05) is 12.1 Å². The second-order valence-electron chi connectivity index (χ2n) is 7.45. The number of fused-ring (bicyclic) bond motifs is 1. The summed E-state index contributed by atoms with van der Waals surface area (Å²) < 4.78 is 6.03. The maximum Gasteiger partial charge on any atom is 0.194 e. The number of hydrogen-bond donors (Lipinski definition) is 1. The first-order chi connectivity index (χ1) is 12.8. The Morgan fingerprint density at radius 3 is 2.74 bits per heavy atom. The average Bonchev–Trinajstić information content (AvgIpc) is 3.39. The SMILES string of the molecule is CCNC(=NCc1oc2ccccc2c1C)N1CCC(N2CCCC2)C1.I. The summed E-state index contributed by atoms with van der Waals surface area (Å²) in [7, 11) is 0. The fourth-order valence-corrected chi connectivity index (χ4v) is 4.29. The molecule has 1 aromatic carbocycles. The van der Waals surface area contributed by atoms with Crippen LogP contribution >= 0.6 is 24.0 Å². The molecule has 1 N–H and O–H groups in total. The summed E-state index contributed by atoms with van der Waals surface area (Å²) >= 11 is 0. The Hall–Kier alpha value is -1.28. The number of halogens is 1. The minimum Gasteiger partial charge on any atom is -0.459 e. The van der Waals surface area contributed by atoms with Crippen LogP contribution in [0.4, 0.5) is 0 Å². The van der Waals surface area contributed by atoms with Gasteiger partial charge in [-0.2, -0.15) is 0 Å². The Bertz CT molecular complexity index is 782. The molecule has 0 bridgehead atoms. The maximum absolute atomic E-state index is 6.03. The van der Waals surface area contributed by atoms with E-state index in [9.17, 15) is 0 Å². The van der Waals surface area contributed by atoms with Crippen molar-refractivity contribution in [2.24, 2.45) is 4.99 Å². The summed E-state index contributed by atoms with van der Waals surface area (Å²) in [5.41, 5.74) is 2.16. The average molecular weight is 482 g/mol. The fraction of sp³-hybridized carbons (Fsp3) is 0.571. The molecule has 1 atom stereocenters. The Kier molecular flexibility index (Phi) is 7.03. The molecular formula is C21H31IN4O. The van der Waals surface area contributed by atoms with Gasteiger partial charge in [0, 0.05) is 36.6 Å². The van der Waals surface area contributed by atoms with Gasteiger partial charge in [-0.05, 0) is 52.3 Å². The van der Waals surface area contributed by atoms with Crippen LogP contribution in [-0.2, 0) is 6.54 Å². The highest BCUT2D eigenvalue weighted by Gasteiger charge is 2.30. The molecule has 2 aliphatic heterocycles. The van der Waals surface area contributed by atoms with Crippen LogP contribution < -0.4 is 5.32 Å². The van der Waals surface area contributed by atoms with Crippen molar-refractivity contribution in [2.75, 3.05) is 32.7 Å². The maximum atomic E-state index is 6.03. The molecule has 6 heteroatoms. The molecule has 2 aromatic rings. The van der Waals surface area contributed by atoms with E-state index in [1.54, 1.807) is 0 Å². The standard InChI is InChI=1S/C21H30N4O.HI/c1-3-22-21(25-13-10-17(15-25)24-11-6-7-12-24)23-14-20-16(2)18-8-4-5-9-19(18)26-20;/h4-5,8-9,17H,3,6-7,10-15H2,1-2H3,(H,22,23);1H. The van der Waals surface area contributed by atoms with E-state index in [-0.39, 0.29) is 24.0 Å². The van der Waals surface area contributed by atoms with Crippen LogP contribution in [0, 0.1) is 6.92 Å². The van der Waals surface area contributed by atoms with Gasteiger partial charge in [0.25, 0.3) is 0 Å². The van der Waals surface area contributed by atoms with Crippen molar-refractivity contribution < 1.29 is 4.42 Å². The zero-order valence-electron chi connectivity index (χ0n) is 16.4. The molecule has 148 valence electrons. The monoisotopic (exact) mass is 482 g/mol. The third kappa shape index (κ3) is 4.42. The Balaban J connectivity index is 0.00000210. The van der Waals surface area contributed by atoms with Crippen molar-refractivity contribution in [3.63, 3.8) is 0 Å². The zero-order valence-corrected chi connectivity index (χ0v) is 18.7. The number of rotatable bonds is 4. The van der Waals surface area contributed by atoms with E-state index in [4.69, 9.17) is 9.41 Å². The lowest BCUT2D eigenvalue weighted by Gasteiger charge is -2.25. The van der Waals surface area contributed by atoms with Crippen LogP contribution in [-0.4, -0.2) is 54.5 Å². The molecule has 0 radical (unpaired) electrons. The van der Waals surface area contributed by atoms with Crippen molar-refractivity contribution >= 4 is 40.9 Å². The Morgan fingerprint density at radius 2 is 2.00 bits per heavy atom. The first-order valence-electron chi connectivity index (χ1n) is 10.0. The molecular weight excluding hydrogens is 451 g/mol. The van der Waals surface area contributed by atoms with Crippen LogP contribution in [0.1, 0.15) is 37.5 Å². The molecule has 2 saturated heterocycles. The number of nitrogens with one attached hydrogen (secondary N) is 1. The van der Waals surface area contributed by atoms with Gasteiger partial charge in [0.1, 0.15) is 17.9 Å². The van der Waals surface area contributed by atoms with Gasteiger partial charge in [0.05, 0.1) is 0 Å². The highest BCUT2D eigenvalue weighted by molar-refractivity contribution is 14.0. The second-order valence-corrected chi connectivity index (χ2v) is 7.45. The number of furan rings is 1. The zero-order chi connectivity index (χ0) is 17.9. The van der Waals surface area contributed by atoms with Crippen molar-refractivity contribution in [3.8, 4) is 0 Å². The van der Waals surface area contributed by atoms with Gasteiger partial charge in [0.15, 0.2) is 5.96 Å². The molecule has 3 heterocycles. The largest absolute Gasteiger partial charge is 0.459 e. The summed E-state index contributed by atoms with van der Waals surface area (Å²) in [6.07, 6.45) is 3.96. The Morgan fingerprint density at radius 1 is 1.22 bits per heavy atom. The molecule has 1 aromatic heterocycles. The quantitative estimate of drug-likeness (QED) is 0.407. The van der Waals surface area contributed by atoms with Crippen LogP contribution in [0.2, 0.25) is 0 Å².